The molecule has 122 valence electrons. The van der Waals surface area contributed by atoms with Crippen molar-refractivity contribution in [3.05, 3.63) is 0 Å². The van der Waals surface area contributed by atoms with Crippen molar-refractivity contribution in [2.75, 3.05) is 46.3 Å². The number of likely N-dealkylation sites (tertiary alicyclic amines) is 1. The quantitative estimate of drug-likeness (QED) is 0.789. The largest absolute Gasteiger partial charge is 0.406 e. The van der Waals surface area contributed by atoms with Gasteiger partial charge in [0.05, 0.1) is 6.54 Å². The Morgan fingerprint density at radius 3 is 2.57 bits per heavy atom. The van der Waals surface area contributed by atoms with E-state index in [1.54, 1.807) is 0 Å². The summed E-state index contributed by atoms with van der Waals surface area (Å²) in [5, 5.41) is 0. The van der Waals surface area contributed by atoms with Crippen molar-refractivity contribution in [3.8, 4) is 0 Å². The molecule has 7 heteroatoms. The van der Waals surface area contributed by atoms with Gasteiger partial charge in [0.1, 0.15) is 6.54 Å². The molecule has 1 unspecified atom stereocenters. The van der Waals surface area contributed by atoms with Crippen LogP contribution >= 0.6 is 0 Å². The van der Waals surface area contributed by atoms with E-state index in [1.807, 2.05) is 4.90 Å². The van der Waals surface area contributed by atoms with Gasteiger partial charge in [-0.05, 0) is 32.9 Å². The molecular formula is C14H24F3N3O. The Hall–Kier alpha value is -0.820. The van der Waals surface area contributed by atoms with Crippen LogP contribution in [0.4, 0.5) is 13.2 Å². The van der Waals surface area contributed by atoms with Crippen molar-refractivity contribution in [1.82, 2.24) is 14.7 Å². The summed E-state index contributed by atoms with van der Waals surface area (Å²) in [5.41, 5.74) is 0. The van der Waals surface area contributed by atoms with E-state index in [-0.39, 0.29) is 13.1 Å². The summed E-state index contributed by atoms with van der Waals surface area (Å²) >= 11 is 0. The molecule has 4 nitrogen and oxygen atoms in total. The van der Waals surface area contributed by atoms with Gasteiger partial charge in [-0.25, -0.2) is 0 Å². The molecule has 0 bridgehead atoms. The minimum Gasteiger partial charge on any atom is -0.331 e. The van der Waals surface area contributed by atoms with Crippen LogP contribution in [0.25, 0.3) is 0 Å². The summed E-state index contributed by atoms with van der Waals surface area (Å²) in [6.45, 7) is 1.62. The van der Waals surface area contributed by atoms with Crippen molar-refractivity contribution in [3.63, 3.8) is 0 Å². The number of amides is 1. The number of rotatable bonds is 4. The average Bonchev–Trinajstić information content (AvgIpc) is 2.39. The van der Waals surface area contributed by atoms with Crippen LogP contribution in [0.5, 0.6) is 0 Å². The normalized spacial score (nSPS) is 26.4. The molecule has 0 spiro atoms. The molecule has 2 fully saturated rings. The van der Waals surface area contributed by atoms with E-state index in [0.29, 0.717) is 12.6 Å². The lowest BCUT2D eigenvalue weighted by Crippen LogP contribution is -2.53. The maximum absolute atomic E-state index is 12.3. The first-order valence-corrected chi connectivity index (χ1v) is 7.62. The lowest BCUT2D eigenvalue weighted by molar-refractivity contribution is -0.165. The molecule has 0 aromatic carbocycles. The minimum atomic E-state index is -4.30. The molecule has 2 heterocycles. The van der Waals surface area contributed by atoms with Gasteiger partial charge < -0.3 is 9.80 Å². The summed E-state index contributed by atoms with van der Waals surface area (Å²) in [4.78, 5) is 17.0. The SMILES string of the molecule is CN1CCCCC1CCN1CCN(CC(F)(F)F)C(=O)C1. The van der Waals surface area contributed by atoms with Crippen LogP contribution < -0.4 is 0 Å². The fraction of sp³-hybridized carbons (Fsp3) is 0.929. The fourth-order valence-corrected chi connectivity index (χ4v) is 3.17. The van der Waals surface area contributed by atoms with E-state index in [9.17, 15) is 18.0 Å². The van der Waals surface area contributed by atoms with Gasteiger partial charge in [0.2, 0.25) is 5.91 Å². The Morgan fingerprint density at radius 1 is 1.19 bits per heavy atom. The molecule has 1 amide bonds. The zero-order valence-corrected chi connectivity index (χ0v) is 12.5. The molecule has 1 atom stereocenters. The van der Waals surface area contributed by atoms with Gasteiger partial charge in [-0.3, -0.25) is 9.69 Å². The van der Waals surface area contributed by atoms with Crippen molar-refractivity contribution in [1.29, 1.82) is 0 Å². The molecule has 0 aromatic rings. The highest BCUT2D eigenvalue weighted by molar-refractivity contribution is 5.79. The fourth-order valence-electron chi connectivity index (χ4n) is 3.17. The van der Waals surface area contributed by atoms with Gasteiger partial charge in [-0.2, -0.15) is 13.2 Å². The molecular weight excluding hydrogens is 283 g/mol. The van der Waals surface area contributed by atoms with E-state index < -0.39 is 18.6 Å². The first-order chi connectivity index (χ1) is 9.85. The third-order valence-electron chi connectivity index (χ3n) is 4.47. The Kier molecular flexibility index (Phi) is 5.48. The van der Waals surface area contributed by atoms with Crippen LogP contribution in [-0.2, 0) is 4.79 Å². The first kappa shape index (κ1) is 16.5. The number of halogens is 3. The van der Waals surface area contributed by atoms with Gasteiger partial charge in [0.25, 0.3) is 0 Å². The molecule has 0 aromatic heterocycles. The average molecular weight is 307 g/mol. The van der Waals surface area contributed by atoms with E-state index in [2.05, 4.69) is 11.9 Å². The van der Waals surface area contributed by atoms with Crippen LogP contribution in [-0.4, -0.2) is 79.1 Å². The summed E-state index contributed by atoms with van der Waals surface area (Å²) < 4.78 is 37.0. The lowest BCUT2D eigenvalue weighted by Gasteiger charge is -2.37. The van der Waals surface area contributed by atoms with Gasteiger partial charge in [-0.1, -0.05) is 6.42 Å². The van der Waals surface area contributed by atoms with Gasteiger partial charge in [0, 0.05) is 25.7 Å². The molecule has 0 N–H and O–H groups in total. The number of nitrogens with zero attached hydrogens (tertiary/aromatic N) is 3. The lowest BCUT2D eigenvalue weighted by atomic mass is 10.00. The van der Waals surface area contributed by atoms with Crippen molar-refractivity contribution >= 4 is 5.91 Å². The van der Waals surface area contributed by atoms with E-state index in [0.717, 1.165) is 24.4 Å². The number of alkyl halides is 3. The maximum atomic E-state index is 12.3. The second-order valence-corrected chi connectivity index (χ2v) is 6.13. The molecule has 21 heavy (non-hydrogen) atoms. The third-order valence-corrected chi connectivity index (χ3v) is 4.47. The van der Waals surface area contributed by atoms with Crippen LogP contribution in [0.2, 0.25) is 0 Å². The number of piperidine rings is 1. The van der Waals surface area contributed by atoms with Gasteiger partial charge in [-0.15, -0.1) is 0 Å². The smallest absolute Gasteiger partial charge is 0.331 e. The summed E-state index contributed by atoms with van der Waals surface area (Å²) in [7, 11) is 2.12. The van der Waals surface area contributed by atoms with E-state index >= 15 is 0 Å². The van der Waals surface area contributed by atoms with Crippen molar-refractivity contribution < 1.29 is 18.0 Å². The Morgan fingerprint density at radius 2 is 1.95 bits per heavy atom. The van der Waals surface area contributed by atoms with Gasteiger partial charge >= 0.3 is 6.18 Å². The van der Waals surface area contributed by atoms with Crippen LogP contribution in [0, 0.1) is 0 Å². The monoisotopic (exact) mass is 307 g/mol. The second-order valence-electron chi connectivity index (χ2n) is 6.13. The predicted molar refractivity (Wildman–Crippen MR) is 74.0 cm³/mol. The number of piperazine rings is 1. The standard InChI is InChI=1S/C14H24F3N3O/c1-18-6-3-2-4-12(18)5-7-19-8-9-20(13(21)10-19)11-14(15,16)17/h12H,2-11H2,1H3. The molecule has 2 saturated heterocycles. The van der Waals surface area contributed by atoms with Crippen molar-refractivity contribution in [2.45, 2.75) is 37.9 Å². The summed E-state index contributed by atoms with van der Waals surface area (Å²) in [6, 6.07) is 0.544. The van der Waals surface area contributed by atoms with Crippen LogP contribution in [0.15, 0.2) is 0 Å². The number of carbonyl (C=O) groups excluding carboxylic acids is 1. The number of hydrogen-bond donors (Lipinski definition) is 0. The van der Waals surface area contributed by atoms with Crippen molar-refractivity contribution in [2.24, 2.45) is 0 Å². The van der Waals surface area contributed by atoms with E-state index in [4.69, 9.17) is 0 Å². The van der Waals surface area contributed by atoms with E-state index in [1.165, 1.54) is 19.3 Å². The molecule has 0 aliphatic carbocycles. The molecule has 2 rings (SSSR count). The van der Waals surface area contributed by atoms with Crippen LogP contribution in [0.3, 0.4) is 0 Å². The zero-order valence-electron chi connectivity index (χ0n) is 12.5. The Balaban J connectivity index is 1.73. The Labute approximate surface area is 123 Å². The molecule has 2 aliphatic rings. The highest BCUT2D eigenvalue weighted by Gasteiger charge is 2.35. The second kappa shape index (κ2) is 6.96. The topological polar surface area (TPSA) is 26.8 Å². The number of carbonyl (C=O) groups is 1. The highest BCUT2D eigenvalue weighted by Crippen LogP contribution is 2.20. The first-order valence-electron chi connectivity index (χ1n) is 7.62. The predicted octanol–water partition coefficient (Wildman–Crippen LogP) is 1.57. The minimum absolute atomic E-state index is 0.118. The van der Waals surface area contributed by atoms with Crippen LogP contribution in [0.1, 0.15) is 25.7 Å². The third kappa shape index (κ3) is 5.14. The maximum Gasteiger partial charge on any atom is 0.406 e. The van der Waals surface area contributed by atoms with Gasteiger partial charge in [0.15, 0.2) is 0 Å². The summed E-state index contributed by atoms with van der Waals surface area (Å²) in [6.07, 6.45) is 0.346. The molecule has 0 saturated carbocycles. The highest BCUT2D eigenvalue weighted by atomic mass is 19.4. The zero-order chi connectivity index (χ0) is 15.5. The summed E-state index contributed by atoms with van der Waals surface area (Å²) in [5.74, 6) is -0.407. The number of hydrogen-bond acceptors (Lipinski definition) is 3. The molecule has 2 aliphatic heterocycles. The molecule has 0 radical (unpaired) electrons. The Bertz CT molecular complexity index is 362.